The molecule has 0 bridgehead atoms. The van der Waals surface area contributed by atoms with Crippen LogP contribution in [0.1, 0.15) is 23.7 Å². The van der Waals surface area contributed by atoms with Crippen molar-refractivity contribution in [2.45, 2.75) is 13.3 Å². The first-order chi connectivity index (χ1) is 8.70. The minimum atomic E-state index is -0.362. The third-order valence-electron chi connectivity index (χ3n) is 2.42. The lowest BCUT2D eigenvalue weighted by atomic mass is 10.1. The number of methoxy groups -OCH3 is 1. The number of hydrogen-bond acceptors (Lipinski definition) is 5. The molecule has 1 rings (SSSR count). The molecule has 0 aliphatic carbocycles. The van der Waals surface area contributed by atoms with Crippen molar-refractivity contribution in [1.82, 2.24) is 0 Å². The number of carbonyl (C=O) groups is 1. The fourth-order valence-electron chi connectivity index (χ4n) is 1.58. The van der Waals surface area contributed by atoms with E-state index in [0.29, 0.717) is 36.7 Å². The number of anilines is 2. The van der Waals surface area contributed by atoms with Gasteiger partial charge < -0.3 is 20.5 Å². The number of para-hydroxylation sites is 1. The van der Waals surface area contributed by atoms with E-state index in [1.807, 2.05) is 0 Å². The van der Waals surface area contributed by atoms with Crippen LogP contribution in [-0.4, -0.2) is 32.8 Å². The average molecular weight is 252 g/mol. The minimum Gasteiger partial charge on any atom is -0.462 e. The summed E-state index contributed by atoms with van der Waals surface area (Å²) in [4.78, 5) is 11.8. The molecule has 0 aliphatic rings. The summed E-state index contributed by atoms with van der Waals surface area (Å²) in [6.07, 6.45) is 0.840. The molecule has 0 amide bonds. The van der Waals surface area contributed by atoms with E-state index < -0.39 is 0 Å². The SMILES string of the molecule is CCOC(=O)c1cccc(N)c1NCCCOC. The Hall–Kier alpha value is -1.75. The summed E-state index contributed by atoms with van der Waals surface area (Å²) in [5.41, 5.74) is 7.51. The highest BCUT2D eigenvalue weighted by Crippen LogP contribution is 2.24. The van der Waals surface area contributed by atoms with Gasteiger partial charge >= 0.3 is 5.97 Å². The molecule has 0 radical (unpaired) electrons. The maximum Gasteiger partial charge on any atom is 0.340 e. The quantitative estimate of drug-likeness (QED) is 0.440. The third-order valence-corrected chi connectivity index (χ3v) is 2.42. The Balaban J connectivity index is 2.77. The first kappa shape index (κ1) is 14.3. The van der Waals surface area contributed by atoms with Gasteiger partial charge in [-0.1, -0.05) is 6.07 Å². The van der Waals surface area contributed by atoms with Crippen LogP contribution < -0.4 is 11.1 Å². The van der Waals surface area contributed by atoms with Gasteiger partial charge in [-0.05, 0) is 25.5 Å². The molecule has 0 aromatic heterocycles. The number of esters is 1. The van der Waals surface area contributed by atoms with E-state index in [1.165, 1.54) is 0 Å². The van der Waals surface area contributed by atoms with Crippen molar-refractivity contribution in [3.8, 4) is 0 Å². The zero-order valence-electron chi connectivity index (χ0n) is 10.9. The topological polar surface area (TPSA) is 73.6 Å². The summed E-state index contributed by atoms with van der Waals surface area (Å²) < 4.78 is 9.96. The monoisotopic (exact) mass is 252 g/mol. The average Bonchev–Trinajstić information content (AvgIpc) is 2.36. The molecule has 0 aliphatic heterocycles. The number of ether oxygens (including phenoxy) is 2. The summed E-state index contributed by atoms with van der Waals surface area (Å²) in [6.45, 7) is 3.47. The van der Waals surface area contributed by atoms with Crippen LogP contribution in [0, 0.1) is 0 Å². The van der Waals surface area contributed by atoms with E-state index >= 15 is 0 Å². The molecule has 0 unspecified atom stereocenters. The van der Waals surface area contributed by atoms with Crippen molar-refractivity contribution in [3.05, 3.63) is 23.8 Å². The van der Waals surface area contributed by atoms with Crippen molar-refractivity contribution < 1.29 is 14.3 Å². The first-order valence-electron chi connectivity index (χ1n) is 5.99. The van der Waals surface area contributed by atoms with Crippen molar-refractivity contribution in [1.29, 1.82) is 0 Å². The summed E-state index contributed by atoms with van der Waals surface area (Å²) in [5, 5.41) is 3.15. The Kier molecular flexibility index (Phi) is 6.00. The van der Waals surface area contributed by atoms with E-state index in [9.17, 15) is 4.79 Å². The van der Waals surface area contributed by atoms with Gasteiger partial charge in [0.25, 0.3) is 0 Å². The summed E-state index contributed by atoms with van der Waals surface area (Å²) in [7, 11) is 1.65. The summed E-state index contributed by atoms with van der Waals surface area (Å²) in [6, 6.07) is 5.19. The van der Waals surface area contributed by atoms with Gasteiger partial charge in [0, 0.05) is 20.3 Å². The molecule has 0 atom stereocenters. The van der Waals surface area contributed by atoms with Gasteiger partial charge in [-0.2, -0.15) is 0 Å². The zero-order valence-corrected chi connectivity index (χ0v) is 10.9. The Bertz CT molecular complexity index is 394. The molecule has 0 saturated carbocycles. The molecule has 18 heavy (non-hydrogen) atoms. The van der Waals surface area contributed by atoms with Crippen LogP contribution >= 0.6 is 0 Å². The second kappa shape index (κ2) is 7.55. The Morgan fingerprint density at radius 2 is 2.22 bits per heavy atom. The lowest BCUT2D eigenvalue weighted by Crippen LogP contribution is -2.13. The normalized spacial score (nSPS) is 10.1. The van der Waals surface area contributed by atoms with E-state index in [2.05, 4.69) is 5.32 Å². The lowest BCUT2D eigenvalue weighted by Gasteiger charge is -2.13. The molecule has 5 nitrogen and oxygen atoms in total. The maximum atomic E-state index is 11.8. The van der Waals surface area contributed by atoms with E-state index in [0.717, 1.165) is 6.42 Å². The third kappa shape index (κ3) is 3.92. The predicted octanol–water partition coefficient (Wildman–Crippen LogP) is 1.89. The second-order valence-electron chi connectivity index (χ2n) is 3.76. The van der Waals surface area contributed by atoms with Crippen molar-refractivity contribution in [2.75, 3.05) is 37.9 Å². The van der Waals surface area contributed by atoms with Crippen LogP contribution in [0.2, 0.25) is 0 Å². The fraction of sp³-hybridized carbons (Fsp3) is 0.462. The first-order valence-corrected chi connectivity index (χ1v) is 5.99. The smallest absolute Gasteiger partial charge is 0.340 e. The number of nitrogen functional groups attached to an aromatic ring is 1. The molecule has 0 spiro atoms. The molecule has 5 heteroatoms. The van der Waals surface area contributed by atoms with Gasteiger partial charge in [0.15, 0.2) is 0 Å². The van der Waals surface area contributed by atoms with Crippen molar-refractivity contribution in [2.24, 2.45) is 0 Å². The van der Waals surface area contributed by atoms with Crippen LogP contribution in [0.5, 0.6) is 0 Å². The Morgan fingerprint density at radius 3 is 2.89 bits per heavy atom. The molecular weight excluding hydrogens is 232 g/mol. The standard InChI is InChI=1S/C13H20N2O3/c1-3-18-13(16)10-6-4-7-11(14)12(10)15-8-5-9-17-2/h4,6-7,15H,3,5,8-9,14H2,1-2H3. The number of carbonyl (C=O) groups excluding carboxylic acids is 1. The van der Waals surface area contributed by atoms with Crippen LogP contribution in [0.4, 0.5) is 11.4 Å². The molecule has 0 fully saturated rings. The lowest BCUT2D eigenvalue weighted by molar-refractivity contribution is 0.0527. The van der Waals surface area contributed by atoms with Crippen LogP contribution in [0.15, 0.2) is 18.2 Å². The molecule has 0 saturated heterocycles. The van der Waals surface area contributed by atoms with Gasteiger partial charge in [-0.15, -0.1) is 0 Å². The maximum absolute atomic E-state index is 11.8. The minimum absolute atomic E-state index is 0.344. The number of nitrogens with two attached hydrogens (primary N) is 1. The van der Waals surface area contributed by atoms with Gasteiger partial charge in [-0.25, -0.2) is 4.79 Å². The van der Waals surface area contributed by atoms with E-state index in [4.69, 9.17) is 15.2 Å². The van der Waals surface area contributed by atoms with Gasteiger partial charge in [0.2, 0.25) is 0 Å². The number of benzene rings is 1. The van der Waals surface area contributed by atoms with Crippen LogP contribution in [-0.2, 0) is 9.47 Å². The largest absolute Gasteiger partial charge is 0.462 e. The van der Waals surface area contributed by atoms with Crippen molar-refractivity contribution in [3.63, 3.8) is 0 Å². The summed E-state index contributed by atoms with van der Waals surface area (Å²) >= 11 is 0. The molecule has 100 valence electrons. The van der Waals surface area contributed by atoms with Gasteiger partial charge in [0.05, 0.1) is 23.5 Å². The highest BCUT2D eigenvalue weighted by Gasteiger charge is 2.14. The second-order valence-corrected chi connectivity index (χ2v) is 3.76. The molecule has 3 N–H and O–H groups in total. The van der Waals surface area contributed by atoms with Crippen LogP contribution in [0.3, 0.4) is 0 Å². The number of rotatable bonds is 7. The highest BCUT2D eigenvalue weighted by atomic mass is 16.5. The molecule has 1 aromatic rings. The number of nitrogens with one attached hydrogen (secondary N) is 1. The molecule has 1 aromatic carbocycles. The predicted molar refractivity (Wildman–Crippen MR) is 71.8 cm³/mol. The fourth-order valence-corrected chi connectivity index (χ4v) is 1.58. The van der Waals surface area contributed by atoms with Gasteiger partial charge in [-0.3, -0.25) is 0 Å². The van der Waals surface area contributed by atoms with E-state index in [-0.39, 0.29) is 5.97 Å². The van der Waals surface area contributed by atoms with E-state index in [1.54, 1.807) is 32.2 Å². The van der Waals surface area contributed by atoms with Crippen LogP contribution in [0.25, 0.3) is 0 Å². The summed E-state index contributed by atoms with van der Waals surface area (Å²) in [5.74, 6) is -0.362. The number of hydrogen-bond donors (Lipinski definition) is 2. The Labute approximate surface area is 107 Å². The Morgan fingerprint density at radius 1 is 1.44 bits per heavy atom. The zero-order chi connectivity index (χ0) is 13.4. The molecular formula is C13H20N2O3. The highest BCUT2D eigenvalue weighted by molar-refractivity contribution is 5.98. The van der Waals surface area contributed by atoms with Gasteiger partial charge in [0.1, 0.15) is 0 Å². The van der Waals surface area contributed by atoms with Crippen molar-refractivity contribution >= 4 is 17.3 Å². The molecule has 0 heterocycles.